The molecule has 1 saturated carbocycles. The first kappa shape index (κ1) is 39.7. The summed E-state index contributed by atoms with van der Waals surface area (Å²) in [5, 5.41) is 19.0. The number of carbonyl (C=O) groups is 2. The first-order valence-corrected chi connectivity index (χ1v) is 17.7. The summed E-state index contributed by atoms with van der Waals surface area (Å²) >= 11 is 0. The zero-order valence-electron chi connectivity index (χ0n) is 29.4. The van der Waals surface area contributed by atoms with E-state index in [9.17, 15) is 9.59 Å². The van der Waals surface area contributed by atoms with Crippen molar-refractivity contribution in [1.82, 2.24) is 25.6 Å². The molecule has 4 rings (SSSR count). The number of aromatic nitrogens is 3. The maximum absolute atomic E-state index is 12.6. The molecular weight excluding hydrogens is 670 g/mol. The summed E-state index contributed by atoms with van der Waals surface area (Å²) in [6.45, 7) is 4.59. The maximum Gasteiger partial charge on any atom is 0.251 e. The summed E-state index contributed by atoms with van der Waals surface area (Å²) in [5.41, 5.74) is 10.1. The fraction of sp³-hybridized carbons (Fsp3) is 0.514. The van der Waals surface area contributed by atoms with E-state index < -0.39 is 0 Å². The molecule has 280 valence electrons. The van der Waals surface area contributed by atoms with Crippen LogP contribution in [0.4, 0.5) is 23.5 Å². The van der Waals surface area contributed by atoms with Crippen molar-refractivity contribution in [2.75, 3.05) is 95.0 Å². The number of hydrogen-bond acceptors (Lipinski definition) is 13. The van der Waals surface area contributed by atoms with Crippen LogP contribution in [-0.2, 0) is 18.9 Å². The molecule has 0 aliphatic heterocycles. The molecule has 17 nitrogen and oxygen atoms in total. The summed E-state index contributed by atoms with van der Waals surface area (Å²) in [5.74, 6) is 0.909. The minimum absolute atomic E-state index is 0.127. The molecule has 52 heavy (non-hydrogen) atoms. The van der Waals surface area contributed by atoms with Crippen LogP contribution >= 0.6 is 0 Å². The summed E-state index contributed by atoms with van der Waals surface area (Å²) < 4.78 is 22.0. The molecule has 1 heterocycles. The minimum atomic E-state index is -0.215. The van der Waals surface area contributed by atoms with Gasteiger partial charge >= 0.3 is 0 Å². The van der Waals surface area contributed by atoms with Crippen LogP contribution in [0.15, 0.2) is 59.7 Å². The highest BCUT2D eigenvalue weighted by Crippen LogP contribution is 2.22. The number of amides is 2. The number of hydrogen-bond donors (Lipinski definition) is 5. The van der Waals surface area contributed by atoms with Crippen LogP contribution in [0.25, 0.3) is 10.4 Å². The molecule has 2 amide bonds. The van der Waals surface area contributed by atoms with E-state index in [1.165, 1.54) is 19.3 Å². The van der Waals surface area contributed by atoms with Gasteiger partial charge in [-0.15, -0.1) is 0 Å². The van der Waals surface area contributed by atoms with Crippen LogP contribution in [0.3, 0.4) is 0 Å². The van der Waals surface area contributed by atoms with E-state index in [1.807, 2.05) is 18.2 Å². The van der Waals surface area contributed by atoms with Crippen molar-refractivity contribution in [3.8, 4) is 0 Å². The third-order valence-corrected chi connectivity index (χ3v) is 7.75. The molecule has 3 aromatic rings. The quantitative estimate of drug-likeness (QED) is 0.0358. The average molecular weight is 720 g/mol. The van der Waals surface area contributed by atoms with E-state index in [1.54, 1.807) is 36.4 Å². The molecule has 1 aliphatic carbocycles. The van der Waals surface area contributed by atoms with Gasteiger partial charge < -0.3 is 45.5 Å². The number of anilines is 4. The molecule has 0 atom stereocenters. The Morgan fingerprint density at radius 3 is 1.87 bits per heavy atom. The minimum Gasteiger partial charge on any atom is -0.379 e. The van der Waals surface area contributed by atoms with Gasteiger partial charge in [-0.2, -0.15) is 15.0 Å². The van der Waals surface area contributed by atoms with Crippen LogP contribution in [0.5, 0.6) is 0 Å². The second-order valence-corrected chi connectivity index (χ2v) is 11.7. The topological polar surface area (TPSA) is 219 Å². The van der Waals surface area contributed by atoms with Gasteiger partial charge in [-0.3, -0.25) is 9.59 Å². The predicted octanol–water partition coefficient (Wildman–Crippen LogP) is 4.31. The number of rotatable bonds is 25. The maximum atomic E-state index is 12.6. The average Bonchev–Trinajstić information content (AvgIpc) is 3.17. The Bertz CT molecular complexity index is 1520. The second-order valence-electron chi connectivity index (χ2n) is 11.7. The van der Waals surface area contributed by atoms with Crippen LogP contribution in [-0.4, -0.2) is 112 Å². The molecular formula is C35H49N11O6. The molecule has 0 spiro atoms. The summed E-state index contributed by atoms with van der Waals surface area (Å²) in [7, 11) is 0. The monoisotopic (exact) mass is 719 g/mol. The van der Waals surface area contributed by atoms with E-state index in [0.717, 1.165) is 12.8 Å². The van der Waals surface area contributed by atoms with Gasteiger partial charge in [0, 0.05) is 53.9 Å². The number of nitrogens with one attached hydrogen (secondary N) is 5. The number of carbonyl (C=O) groups excluding carboxylic acids is 2. The lowest BCUT2D eigenvalue weighted by Crippen LogP contribution is -2.27. The third-order valence-electron chi connectivity index (χ3n) is 7.75. The second kappa shape index (κ2) is 24.2. The first-order valence-electron chi connectivity index (χ1n) is 17.7. The van der Waals surface area contributed by atoms with Crippen molar-refractivity contribution < 1.29 is 28.5 Å². The van der Waals surface area contributed by atoms with Crippen LogP contribution in [0.2, 0.25) is 0 Å². The Balaban J connectivity index is 1.16. The lowest BCUT2D eigenvalue weighted by atomic mass is 9.96. The molecule has 0 radical (unpaired) electrons. The smallest absolute Gasteiger partial charge is 0.251 e. The van der Waals surface area contributed by atoms with Crippen LogP contribution in [0, 0.1) is 0 Å². The van der Waals surface area contributed by atoms with Gasteiger partial charge in [-0.05, 0) is 54.8 Å². The van der Waals surface area contributed by atoms with Gasteiger partial charge in [0.15, 0.2) is 0 Å². The standard InChI is InChI=1S/C35H49N11O6/c36-46-40-18-22-52-26-25-50-20-16-38-32(48)28-11-13-30(14-12-28)42-35-44-33(43-34(45-35)41-29-9-5-2-6-10-29)39-17-21-51-24-23-49-19-15-37-31(47)27-7-3-1-4-8-27/h1,3-4,7-8,11-14,29H,2,5-6,9-10,15-26H2,(H,37,47)(H,38,48)(H3,39,41,42,43,44,45). The Morgan fingerprint density at radius 2 is 1.23 bits per heavy atom. The molecule has 0 saturated heterocycles. The Labute approximate surface area is 303 Å². The van der Waals surface area contributed by atoms with Crippen LogP contribution in [0.1, 0.15) is 52.8 Å². The molecule has 1 aliphatic rings. The largest absolute Gasteiger partial charge is 0.379 e. The Morgan fingerprint density at radius 1 is 0.673 bits per heavy atom. The van der Waals surface area contributed by atoms with E-state index in [0.29, 0.717) is 113 Å². The third kappa shape index (κ3) is 15.9. The van der Waals surface area contributed by atoms with E-state index in [4.69, 9.17) is 24.5 Å². The highest BCUT2D eigenvalue weighted by molar-refractivity contribution is 5.94. The van der Waals surface area contributed by atoms with E-state index in [2.05, 4.69) is 51.6 Å². The first-order chi connectivity index (χ1) is 25.6. The summed E-state index contributed by atoms with van der Waals surface area (Å²) in [6, 6.07) is 16.4. The normalized spacial score (nSPS) is 12.8. The van der Waals surface area contributed by atoms with E-state index in [-0.39, 0.29) is 18.4 Å². The zero-order valence-corrected chi connectivity index (χ0v) is 29.4. The highest BCUT2D eigenvalue weighted by atomic mass is 16.5. The molecule has 2 aromatic carbocycles. The SMILES string of the molecule is [N-]=[N+]=NCCOCCOCCNC(=O)c1ccc(Nc2nc(NCCOCCOCCNC(=O)c3ccccc3)nc(NC3CCCCC3)n2)cc1. The Kier molecular flexibility index (Phi) is 18.5. The number of ether oxygens (including phenoxy) is 4. The van der Waals surface area contributed by atoms with Crippen molar-refractivity contribution in [2.45, 2.75) is 38.1 Å². The lowest BCUT2D eigenvalue weighted by Gasteiger charge is -2.23. The van der Waals surface area contributed by atoms with Crippen molar-refractivity contribution in [3.05, 3.63) is 76.2 Å². The fourth-order valence-electron chi connectivity index (χ4n) is 5.14. The fourth-order valence-corrected chi connectivity index (χ4v) is 5.14. The molecule has 1 aromatic heterocycles. The van der Waals surface area contributed by atoms with Crippen molar-refractivity contribution in [1.29, 1.82) is 0 Å². The Hall–Kier alpha value is -5.06. The summed E-state index contributed by atoms with van der Waals surface area (Å²) in [4.78, 5) is 41.1. The summed E-state index contributed by atoms with van der Waals surface area (Å²) in [6.07, 6.45) is 5.72. The molecule has 0 unspecified atom stereocenters. The van der Waals surface area contributed by atoms with Crippen molar-refractivity contribution in [3.63, 3.8) is 0 Å². The van der Waals surface area contributed by atoms with Gasteiger partial charge in [0.2, 0.25) is 17.8 Å². The number of azide groups is 1. The van der Waals surface area contributed by atoms with Crippen LogP contribution < -0.4 is 26.6 Å². The van der Waals surface area contributed by atoms with E-state index >= 15 is 0 Å². The van der Waals surface area contributed by atoms with Crippen molar-refractivity contribution in [2.24, 2.45) is 5.11 Å². The number of benzene rings is 2. The predicted molar refractivity (Wildman–Crippen MR) is 197 cm³/mol. The van der Waals surface area contributed by atoms with Gasteiger partial charge in [-0.25, -0.2) is 0 Å². The molecule has 17 heteroatoms. The highest BCUT2D eigenvalue weighted by Gasteiger charge is 2.16. The molecule has 0 bridgehead atoms. The van der Waals surface area contributed by atoms with Gasteiger partial charge in [0.05, 0.1) is 52.9 Å². The van der Waals surface area contributed by atoms with Crippen molar-refractivity contribution >= 4 is 35.3 Å². The van der Waals surface area contributed by atoms with Gasteiger partial charge in [0.25, 0.3) is 11.8 Å². The van der Waals surface area contributed by atoms with Gasteiger partial charge in [-0.1, -0.05) is 42.6 Å². The lowest BCUT2D eigenvalue weighted by molar-refractivity contribution is 0.0511. The molecule has 5 N–H and O–H groups in total. The zero-order chi connectivity index (χ0) is 36.5. The van der Waals surface area contributed by atoms with Gasteiger partial charge in [0.1, 0.15) is 0 Å². The molecule has 1 fully saturated rings. The number of nitrogens with zero attached hydrogens (tertiary/aromatic N) is 6.